The average molecular weight is 246 g/mol. The van der Waals surface area contributed by atoms with Gasteiger partial charge in [0.1, 0.15) is 0 Å². The fourth-order valence-electron chi connectivity index (χ4n) is 0.777. The van der Waals surface area contributed by atoms with Crippen LogP contribution < -0.4 is 71.5 Å². The van der Waals surface area contributed by atoms with E-state index in [2.05, 4.69) is 4.52 Å². The SMILES string of the molecule is C[C@@](O)(CCOP(=O)([O-])[O-])CC(=O)[O-].[Li+].[Li+].[Li+]. The smallest absolute Gasteiger partial charge is 0.790 e. The van der Waals surface area contributed by atoms with Gasteiger partial charge in [-0.25, -0.2) is 0 Å². The minimum Gasteiger partial charge on any atom is -0.790 e. The molecule has 7 nitrogen and oxygen atoms in total. The Labute approximate surface area is 135 Å². The first-order chi connectivity index (χ1) is 6.12. The Morgan fingerprint density at radius 3 is 2.06 bits per heavy atom. The van der Waals surface area contributed by atoms with Crippen LogP contribution >= 0.6 is 7.82 Å². The van der Waals surface area contributed by atoms with Gasteiger partial charge >= 0.3 is 56.6 Å². The van der Waals surface area contributed by atoms with Crippen molar-refractivity contribution in [1.82, 2.24) is 0 Å². The van der Waals surface area contributed by atoms with Gasteiger partial charge in [-0.15, -0.1) is 0 Å². The van der Waals surface area contributed by atoms with Crippen LogP contribution in [0, 0.1) is 0 Å². The molecule has 0 radical (unpaired) electrons. The predicted molar refractivity (Wildman–Crippen MR) is 38.4 cm³/mol. The van der Waals surface area contributed by atoms with Crippen LogP contribution in [0.5, 0.6) is 0 Å². The number of phosphoric acid groups is 1. The molecule has 0 heterocycles. The van der Waals surface area contributed by atoms with Crippen molar-refractivity contribution in [2.45, 2.75) is 25.4 Å². The molecule has 0 aromatic rings. The third kappa shape index (κ3) is 19.8. The number of aliphatic hydroxyl groups is 1. The molecule has 0 rings (SSSR count). The van der Waals surface area contributed by atoms with Crippen molar-refractivity contribution >= 4 is 13.8 Å². The Morgan fingerprint density at radius 1 is 1.35 bits per heavy atom. The predicted octanol–water partition coefficient (Wildman–Crippen LogP) is -11.9. The van der Waals surface area contributed by atoms with Crippen LogP contribution in [0.15, 0.2) is 0 Å². The maximum absolute atomic E-state index is 10.1. The van der Waals surface area contributed by atoms with E-state index in [1.807, 2.05) is 0 Å². The number of carbonyl (C=O) groups is 1. The Balaban J connectivity index is -0.000000282. The van der Waals surface area contributed by atoms with E-state index in [9.17, 15) is 29.4 Å². The molecular formula is C6H10Li3O7P. The molecule has 0 amide bonds. The summed E-state index contributed by atoms with van der Waals surface area (Å²) in [6.45, 7) is 0.622. The van der Waals surface area contributed by atoms with Crippen LogP contribution in [-0.4, -0.2) is 23.3 Å². The summed E-state index contributed by atoms with van der Waals surface area (Å²) in [5, 5.41) is 19.4. The zero-order chi connectivity index (χ0) is 11.4. The van der Waals surface area contributed by atoms with E-state index >= 15 is 0 Å². The summed E-state index contributed by atoms with van der Waals surface area (Å²) in [6, 6.07) is 0. The molecule has 1 N–H and O–H groups in total. The van der Waals surface area contributed by atoms with Crippen molar-refractivity contribution in [3.8, 4) is 0 Å². The van der Waals surface area contributed by atoms with Crippen molar-refractivity contribution in [3.05, 3.63) is 0 Å². The molecule has 17 heavy (non-hydrogen) atoms. The molecule has 0 spiro atoms. The van der Waals surface area contributed by atoms with Gasteiger partial charge in [0.05, 0.1) is 20.0 Å². The molecule has 0 bridgehead atoms. The number of phosphoric ester groups is 1. The van der Waals surface area contributed by atoms with Crippen LogP contribution in [0.4, 0.5) is 0 Å². The molecule has 84 valence electrons. The maximum Gasteiger partial charge on any atom is 1.00 e. The molecule has 0 aliphatic carbocycles. The fraction of sp³-hybridized carbons (Fsp3) is 0.833. The largest absolute Gasteiger partial charge is 1.00 e. The Hall–Kier alpha value is 1.33. The summed E-state index contributed by atoms with van der Waals surface area (Å²) >= 11 is 0. The summed E-state index contributed by atoms with van der Waals surface area (Å²) in [5.41, 5.74) is -1.64. The first kappa shape index (κ1) is 26.8. The number of hydrogen-bond acceptors (Lipinski definition) is 7. The molecule has 0 saturated heterocycles. The van der Waals surface area contributed by atoms with Crippen LogP contribution in [-0.2, 0) is 13.9 Å². The van der Waals surface area contributed by atoms with E-state index in [0.29, 0.717) is 0 Å². The minimum absolute atomic E-state index is 0. The molecule has 0 unspecified atom stereocenters. The second-order valence-corrected chi connectivity index (χ2v) is 4.23. The van der Waals surface area contributed by atoms with E-state index < -0.39 is 32.4 Å². The molecule has 0 aliphatic heterocycles. The molecule has 0 aliphatic rings. The Kier molecular flexibility index (Phi) is 17.6. The fourth-order valence-corrected chi connectivity index (χ4v) is 1.09. The summed E-state index contributed by atoms with van der Waals surface area (Å²) < 4.78 is 13.8. The van der Waals surface area contributed by atoms with Gasteiger partial charge in [0.15, 0.2) is 0 Å². The standard InChI is InChI=1S/C6H13O7P.3Li/c1-6(9,4-5(7)8)2-3-13-14(10,11)12;;;/h9H,2-4H2,1H3,(H,7,8)(H2,10,11,12);;;/q;3*+1/p-3/t6-;;;/m1.../s1. The Bertz CT molecular complexity index is 254. The van der Waals surface area contributed by atoms with E-state index in [1.54, 1.807) is 0 Å². The van der Waals surface area contributed by atoms with Crippen LogP contribution in [0.1, 0.15) is 19.8 Å². The molecule has 11 heteroatoms. The molecular weight excluding hydrogens is 236 g/mol. The summed E-state index contributed by atoms with van der Waals surface area (Å²) in [5.74, 6) is -1.47. The number of carboxylic acid groups (broad SMARTS) is 1. The summed E-state index contributed by atoms with van der Waals surface area (Å²) in [7, 11) is -5.06. The third-order valence-electron chi connectivity index (χ3n) is 1.42. The van der Waals surface area contributed by atoms with Crippen LogP contribution in [0.3, 0.4) is 0 Å². The molecule has 0 aromatic carbocycles. The van der Waals surface area contributed by atoms with Crippen molar-refractivity contribution in [1.29, 1.82) is 0 Å². The van der Waals surface area contributed by atoms with Crippen molar-refractivity contribution in [2.24, 2.45) is 0 Å². The topological polar surface area (TPSA) is 133 Å². The Morgan fingerprint density at radius 2 is 1.76 bits per heavy atom. The van der Waals surface area contributed by atoms with Crippen LogP contribution in [0.2, 0.25) is 0 Å². The monoisotopic (exact) mass is 246 g/mol. The van der Waals surface area contributed by atoms with Crippen molar-refractivity contribution < 1.29 is 90.5 Å². The summed E-state index contributed by atoms with van der Waals surface area (Å²) in [6.07, 6.45) is -0.937. The van der Waals surface area contributed by atoms with Gasteiger partial charge in [0.2, 0.25) is 0 Å². The quantitative estimate of drug-likeness (QED) is 0.363. The minimum atomic E-state index is -5.06. The number of aliphatic carboxylic acids is 1. The second-order valence-electron chi connectivity index (χ2n) is 3.08. The van der Waals surface area contributed by atoms with E-state index in [0.717, 1.165) is 0 Å². The van der Waals surface area contributed by atoms with Gasteiger partial charge in [-0.1, -0.05) is 0 Å². The first-order valence-corrected chi connectivity index (χ1v) is 5.17. The van der Waals surface area contributed by atoms with Gasteiger partial charge in [-0.2, -0.15) is 0 Å². The molecule has 0 fully saturated rings. The third-order valence-corrected chi connectivity index (χ3v) is 1.91. The van der Waals surface area contributed by atoms with Gasteiger partial charge in [-0.3, -0.25) is 0 Å². The van der Waals surface area contributed by atoms with Gasteiger partial charge in [-0.05, 0) is 13.3 Å². The zero-order valence-corrected chi connectivity index (χ0v) is 11.4. The molecule has 0 aromatic heterocycles. The van der Waals surface area contributed by atoms with E-state index in [1.165, 1.54) is 6.92 Å². The summed E-state index contributed by atoms with van der Waals surface area (Å²) in [4.78, 5) is 30.0. The normalized spacial score (nSPS) is 13.4. The first-order valence-electron chi connectivity index (χ1n) is 3.71. The number of rotatable bonds is 6. The van der Waals surface area contributed by atoms with E-state index in [-0.39, 0.29) is 63.0 Å². The molecule has 1 atom stereocenters. The van der Waals surface area contributed by atoms with Crippen molar-refractivity contribution in [3.63, 3.8) is 0 Å². The second kappa shape index (κ2) is 11.2. The van der Waals surface area contributed by atoms with Gasteiger partial charge in [0.25, 0.3) is 0 Å². The maximum atomic E-state index is 10.1. The number of hydrogen-bond donors (Lipinski definition) is 1. The zero-order valence-electron chi connectivity index (χ0n) is 10.5. The van der Waals surface area contributed by atoms with Crippen LogP contribution in [0.25, 0.3) is 0 Å². The van der Waals surface area contributed by atoms with Gasteiger partial charge in [0, 0.05) is 12.4 Å². The average Bonchev–Trinajstić information content (AvgIpc) is 1.78. The molecule has 0 saturated carbocycles. The van der Waals surface area contributed by atoms with Crippen molar-refractivity contribution in [2.75, 3.05) is 6.61 Å². The number of carboxylic acids is 1. The van der Waals surface area contributed by atoms with E-state index in [4.69, 9.17) is 0 Å². The number of carbonyl (C=O) groups excluding carboxylic acids is 1. The van der Waals surface area contributed by atoms with Gasteiger partial charge < -0.3 is 33.9 Å².